The SMILES string of the molecule is O=C(NC(=O)c1cccc(Br)c1)SNSN1c2cccc(-c3ccccc3)c21. The normalized spacial score (nSPS) is 11.7. The van der Waals surface area contributed by atoms with Gasteiger partial charge in [0.05, 0.1) is 23.5 Å². The number of nitrogens with one attached hydrogen (secondary N) is 2. The first kappa shape index (κ1) is 19.1. The zero-order chi connectivity index (χ0) is 19.5. The second-order valence-electron chi connectivity index (χ2n) is 5.86. The largest absolute Gasteiger partial charge is 0.301 e. The van der Waals surface area contributed by atoms with Crippen LogP contribution in [0.5, 0.6) is 0 Å². The van der Waals surface area contributed by atoms with Crippen LogP contribution in [0.1, 0.15) is 10.4 Å². The molecule has 140 valence electrons. The summed E-state index contributed by atoms with van der Waals surface area (Å²) in [6.07, 6.45) is 0. The van der Waals surface area contributed by atoms with Gasteiger partial charge in [-0.2, -0.15) is 4.13 Å². The summed E-state index contributed by atoms with van der Waals surface area (Å²) < 4.78 is 5.72. The van der Waals surface area contributed by atoms with Crippen molar-refractivity contribution in [1.82, 2.24) is 9.44 Å². The van der Waals surface area contributed by atoms with E-state index in [-0.39, 0.29) is 0 Å². The third kappa shape index (κ3) is 4.25. The van der Waals surface area contributed by atoms with Gasteiger partial charge >= 0.3 is 5.24 Å². The van der Waals surface area contributed by atoms with Crippen LogP contribution in [0, 0.1) is 0 Å². The second-order valence-corrected chi connectivity index (χ2v) is 8.57. The van der Waals surface area contributed by atoms with Gasteiger partial charge in [0.1, 0.15) is 0 Å². The Labute approximate surface area is 179 Å². The van der Waals surface area contributed by atoms with E-state index in [1.165, 1.54) is 12.1 Å². The lowest BCUT2D eigenvalue weighted by molar-refractivity contribution is 0.0969. The highest BCUT2D eigenvalue weighted by Gasteiger charge is 2.33. The Morgan fingerprint density at radius 3 is 2.50 bits per heavy atom. The molecule has 0 spiro atoms. The fraction of sp³-hybridized carbons (Fsp3) is 0. The molecule has 0 saturated heterocycles. The number of imide groups is 1. The molecule has 0 radical (unpaired) electrons. The number of carbonyl (C=O) groups excluding carboxylic acids is 2. The Hall–Kier alpha value is -2.26. The fourth-order valence-electron chi connectivity index (χ4n) is 2.73. The van der Waals surface area contributed by atoms with Crippen LogP contribution in [0.25, 0.3) is 11.1 Å². The Morgan fingerprint density at radius 1 is 0.929 bits per heavy atom. The van der Waals surface area contributed by atoms with Crippen LogP contribution >= 0.6 is 40.0 Å². The first-order valence-corrected chi connectivity index (χ1v) is 10.7. The van der Waals surface area contributed by atoms with Crippen LogP contribution in [-0.2, 0) is 0 Å². The molecule has 0 aliphatic carbocycles. The Kier molecular flexibility index (Phi) is 5.72. The number of para-hydroxylation sites is 1. The number of carbonyl (C=O) groups is 2. The molecule has 1 heterocycles. The summed E-state index contributed by atoms with van der Waals surface area (Å²) in [6, 6.07) is 23.1. The molecule has 0 fully saturated rings. The maximum atomic E-state index is 12.1. The fourth-order valence-corrected chi connectivity index (χ4v) is 4.51. The molecular formula is C20H14BrN3O2S2. The summed E-state index contributed by atoms with van der Waals surface area (Å²) in [7, 11) is 0. The lowest BCUT2D eigenvalue weighted by Crippen LogP contribution is -2.28. The summed E-state index contributed by atoms with van der Waals surface area (Å²) >= 11 is 5.44. The molecule has 28 heavy (non-hydrogen) atoms. The summed E-state index contributed by atoms with van der Waals surface area (Å²) in [5.41, 5.74) is 4.93. The van der Waals surface area contributed by atoms with E-state index in [1.807, 2.05) is 40.7 Å². The third-order valence-electron chi connectivity index (χ3n) is 4.04. The van der Waals surface area contributed by atoms with Crippen molar-refractivity contribution in [2.24, 2.45) is 0 Å². The molecule has 3 aromatic carbocycles. The van der Waals surface area contributed by atoms with E-state index in [9.17, 15) is 9.59 Å². The molecule has 0 atom stereocenters. The number of halogens is 1. The summed E-state index contributed by atoms with van der Waals surface area (Å²) in [6.45, 7) is 0. The highest BCUT2D eigenvalue weighted by molar-refractivity contribution is 9.10. The van der Waals surface area contributed by atoms with E-state index in [4.69, 9.17) is 0 Å². The van der Waals surface area contributed by atoms with Crippen LogP contribution in [0.15, 0.2) is 77.3 Å². The minimum absolute atomic E-state index is 0.418. The monoisotopic (exact) mass is 471 g/mol. The summed E-state index contributed by atoms with van der Waals surface area (Å²) in [4.78, 5) is 24.1. The molecule has 0 bridgehead atoms. The van der Waals surface area contributed by atoms with Crippen molar-refractivity contribution >= 4 is 62.5 Å². The van der Waals surface area contributed by atoms with E-state index in [1.54, 1.807) is 18.2 Å². The highest BCUT2D eigenvalue weighted by atomic mass is 79.9. The highest BCUT2D eigenvalue weighted by Crippen LogP contribution is 2.57. The first-order chi connectivity index (χ1) is 13.6. The maximum Gasteiger partial charge on any atom is 0.301 e. The zero-order valence-electron chi connectivity index (χ0n) is 14.4. The quantitative estimate of drug-likeness (QED) is 0.355. The Morgan fingerprint density at radius 2 is 1.71 bits per heavy atom. The number of rotatable bonds is 5. The molecule has 5 nitrogen and oxygen atoms in total. The van der Waals surface area contributed by atoms with Crippen molar-refractivity contribution in [1.29, 1.82) is 0 Å². The van der Waals surface area contributed by atoms with E-state index in [0.717, 1.165) is 38.9 Å². The van der Waals surface area contributed by atoms with Gasteiger partial charge in [0.15, 0.2) is 0 Å². The number of fused-ring (bicyclic) bond motifs is 1. The van der Waals surface area contributed by atoms with Crippen LogP contribution in [0.3, 0.4) is 0 Å². The molecule has 4 rings (SSSR count). The van der Waals surface area contributed by atoms with Crippen molar-refractivity contribution in [3.05, 3.63) is 82.8 Å². The summed E-state index contributed by atoms with van der Waals surface area (Å²) in [5.74, 6) is -0.438. The van der Waals surface area contributed by atoms with E-state index in [0.29, 0.717) is 5.56 Å². The topological polar surface area (TPSA) is 61.2 Å². The lowest BCUT2D eigenvalue weighted by Gasteiger charge is -2.06. The predicted molar refractivity (Wildman–Crippen MR) is 119 cm³/mol. The molecule has 1 aliphatic heterocycles. The molecule has 3 aromatic rings. The van der Waals surface area contributed by atoms with Gasteiger partial charge in [0.2, 0.25) is 0 Å². The number of benzene rings is 3. The van der Waals surface area contributed by atoms with Gasteiger partial charge in [-0.3, -0.25) is 19.2 Å². The Bertz CT molecular complexity index is 1050. The van der Waals surface area contributed by atoms with Gasteiger partial charge < -0.3 is 0 Å². The molecule has 0 aromatic heterocycles. The third-order valence-corrected chi connectivity index (χ3v) is 6.01. The van der Waals surface area contributed by atoms with E-state index >= 15 is 0 Å². The standard InChI is InChI=1S/C20H14BrN3O2S2/c21-15-9-4-8-14(12-15)19(25)22-20(26)27-23-28-24-17-11-5-10-16(18(17)24)13-6-2-1-3-7-13/h1-12,23H,(H,22,25,26). The molecule has 8 heteroatoms. The smallest absolute Gasteiger partial charge is 0.282 e. The number of amides is 2. The number of hydrogen-bond donors (Lipinski definition) is 2. The van der Waals surface area contributed by atoms with Gasteiger partial charge in [-0.25, -0.2) is 0 Å². The summed E-state index contributed by atoms with van der Waals surface area (Å²) in [5, 5.41) is 1.88. The molecule has 0 saturated carbocycles. The van der Waals surface area contributed by atoms with Gasteiger partial charge in [-0.1, -0.05) is 64.5 Å². The van der Waals surface area contributed by atoms with Crippen molar-refractivity contribution in [2.75, 3.05) is 4.31 Å². The predicted octanol–water partition coefficient (Wildman–Crippen LogP) is 5.92. The van der Waals surface area contributed by atoms with Gasteiger partial charge in [0.25, 0.3) is 5.91 Å². The van der Waals surface area contributed by atoms with Gasteiger partial charge in [-0.05, 0) is 29.8 Å². The average Bonchev–Trinajstić information content (AvgIpc) is 3.42. The van der Waals surface area contributed by atoms with Crippen molar-refractivity contribution < 1.29 is 9.59 Å². The average molecular weight is 472 g/mol. The van der Waals surface area contributed by atoms with Gasteiger partial charge in [0, 0.05) is 27.5 Å². The first-order valence-electron chi connectivity index (χ1n) is 8.32. The number of nitrogens with zero attached hydrogens (tertiary/aromatic N) is 1. The van der Waals surface area contributed by atoms with Crippen molar-refractivity contribution in [3.8, 4) is 11.1 Å². The maximum absolute atomic E-state index is 12.1. The van der Waals surface area contributed by atoms with Crippen molar-refractivity contribution in [2.45, 2.75) is 0 Å². The van der Waals surface area contributed by atoms with Crippen LogP contribution in [0.2, 0.25) is 0 Å². The Balaban J connectivity index is 1.30. The van der Waals surface area contributed by atoms with E-state index in [2.05, 4.69) is 43.6 Å². The molecule has 0 unspecified atom stereocenters. The van der Waals surface area contributed by atoms with Crippen molar-refractivity contribution in [3.63, 3.8) is 0 Å². The van der Waals surface area contributed by atoms with Crippen LogP contribution in [-0.4, -0.2) is 11.1 Å². The van der Waals surface area contributed by atoms with E-state index < -0.39 is 11.1 Å². The van der Waals surface area contributed by atoms with Crippen LogP contribution < -0.4 is 13.7 Å². The lowest BCUT2D eigenvalue weighted by atomic mass is 10.1. The second kappa shape index (κ2) is 8.40. The molecule has 2 amide bonds. The molecule has 1 aliphatic rings. The minimum atomic E-state index is -0.466. The zero-order valence-corrected chi connectivity index (χ0v) is 17.6. The number of hydrogen-bond acceptors (Lipinski definition) is 6. The molecular weight excluding hydrogens is 458 g/mol. The van der Waals surface area contributed by atoms with Gasteiger partial charge in [-0.15, -0.1) is 0 Å². The molecule has 2 N–H and O–H groups in total. The number of anilines is 2. The van der Waals surface area contributed by atoms with Crippen LogP contribution in [0.4, 0.5) is 16.2 Å². The minimum Gasteiger partial charge on any atom is -0.282 e.